The van der Waals surface area contributed by atoms with Crippen LogP contribution in [0.5, 0.6) is 0 Å². The van der Waals surface area contributed by atoms with Crippen LogP contribution in [-0.2, 0) is 0 Å². The molecule has 3 nitrogen and oxygen atoms in total. The molecule has 0 saturated carbocycles. The quantitative estimate of drug-likeness (QED) is 0.710. The molecule has 3 rings (SSSR count). The van der Waals surface area contributed by atoms with Crippen molar-refractivity contribution in [1.29, 1.82) is 5.26 Å². The van der Waals surface area contributed by atoms with Crippen LogP contribution in [-0.4, -0.2) is 9.78 Å². The van der Waals surface area contributed by atoms with Gasteiger partial charge in [-0.25, -0.2) is 4.68 Å². The van der Waals surface area contributed by atoms with Crippen LogP contribution >= 0.6 is 11.6 Å². The summed E-state index contributed by atoms with van der Waals surface area (Å²) in [4.78, 5) is 0. The minimum Gasteiger partial charge on any atom is -0.240 e. The Bertz CT molecular complexity index is 765. The second kappa shape index (κ2) is 5.20. The fourth-order valence-electron chi connectivity index (χ4n) is 1.94. The lowest BCUT2D eigenvalue weighted by Crippen LogP contribution is -1.93. The zero-order valence-electron chi connectivity index (χ0n) is 10.5. The fraction of sp³-hybridized carbons (Fsp3) is 0. The molecular weight excluding hydrogens is 270 g/mol. The highest BCUT2D eigenvalue weighted by molar-refractivity contribution is 6.30. The van der Waals surface area contributed by atoms with Crippen LogP contribution in [0.4, 0.5) is 0 Å². The molecule has 0 spiro atoms. The third kappa shape index (κ3) is 2.42. The second-order valence-electron chi connectivity index (χ2n) is 4.34. The molecule has 1 aromatic heterocycles. The first-order valence-corrected chi connectivity index (χ1v) is 6.45. The number of nitrogens with zero attached hydrogens (tertiary/aromatic N) is 3. The summed E-state index contributed by atoms with van der Waals surface area (Å²) in [7, 11) is 0. The average molecular weight is 280 g/mol. The summed E-state index contributed by atoms with van der Waals surface area (Å²) in [5, 5.41) is 13.8. The summed E-state index contributed by atoms with van der Waals surface area (Å²) < 4.78 is 1.78. The first kappa shape index (κ1) is 12.5. The van der Waals surface area contributed by atoms with Crippen LogP contribution in [0.15, 0.2) is 60.9 Å². The van der Waals surface area contributed by atoms with Crippen molar-refractivity contribution in [3.63, 3.8) is 0 Å². The number of benzene rings is 2. The Kier molecular flexibility index (Phi) is 3.24. The Morgan fingerprint density at radius 2 is 1.65 bits per heavy atom. The van der Waals surface area contributed by atoms with Crippen molar-refractivity contribution in [2.45, 2.75) is 0 Å². The minimum absolute atomic E-state index is 0.638. The van der Waals surface area contributed by atoms with E-state index >= 15 is 0 Å². The van der Waals surface area contributed by atoms with Gasteiger partial charge in [0.1, 0.15) is 0 Å². The highest BCUT2D eigenvalue weighted by Gasteiger charge is 2.03. The Balaban J connectivity index is 1.93. The smallest absolute Gasteiger partial charge is 0.0991 e. The van der Waals surface area contributed by atoms with E-state index in [1.54, 1.807) is 23.0 Å². The van der Waals surface area contributed by atoms with Gasteiger partial charge in [-0.2, -0.15) is 10.4 Å². The summed E-state index contributed by atoms with van der Waals surface area (Å²) in [6, 6.07) is 17.0. The van der Waals surface area contributed by atoms with Gasteiger partial charge in [-0.3, -0.25) is 0 Å². The molecule has 0 saturated heterocycles. The van der Waals surface area contributed by atoms with E-state index in [0.29, 0.717) is 10.6 Å². The molecule has 0 atom stereocenters. The van der Waals surface area contributed by atoms with E-state index < -0.39 is 0 Å². The maximum atomic E-state index is 8.79. The Hall–Kier alpha value is -2.57. The molecule has 0 radical (unpaired) electrons. The molecule has 0 aliphatic rings. The monoisotopic (exact) mass is 279 g/mol. The first-order chi connectivity index (χ1) is 9.76. The number of halogens is 1. The van der Waals surface area contributed by atoms with E-state index in [1.165, 1.54) is 0 Å². The van der Waals surface area contributed by atoms with Crippen molar-refractivity contribution in [3.8, 4) is 22.9 Å². The van der Waals surface area contributed by atoms with Crippen molar-refractivity contribution >= 4 is 11.6 Å². The lowest BCUT2D eigenvalue weighted by atomic mass is 10.1. The van der Waals surface area contributed by atoms with E-state index in [-0.39, 0.29) is 0 Å². The highest BCUT2D eigenvalue weighted by atomic mass is 35.5. The molecule has 4 heteroatoms. The van der Waals surface area contributed by atoms with Crippen LogP contribution in [0.2, 0.25) is 5.02 Å². The van der Waals surface area contributed by atoms with Gasteiger partial charge in [0.15, 0.2) is 0 Å². The van der Waals surface area contributed by atoms with E-state index in [9.17, 15) is 0 Å². The summed E-state index contributed by atoms with van der Waals surface area (Å²) in [5.41, 5.74) is 3.64. The third-order valence-corrected chi connectivity index (χ3v) is 3.27. The van der Waals surface area contributed by atoms with Gasteiger partial charge < -0.3 is 0 Å². The topological polar surface area (TPSA) is 41.6 Å². The second-order valence-corrected chi connectivity index (χ2v) is 4.78. The molecule has 0 fully saturated rings. The first-order valence-electron chi connectivity index (χ1n) is 6.07. The number of hydrogen-bond acceptors (Lipinski definition) is 2. The number of rotatable bonds is 2. The molecule has 3 aromatic rings. The van der Waals surface area contributed by atoms with E-state index in [1.807, 2.05) is 42.6 Å². The van der Waals surface area contributed by atoms with Gasteiger partial charge >= 0.3 is 0 Å². The number of nitriles is 1. The van der Waals surface area contributed by atoms with Crippen molar-refractivity contribution in [2.24, 2.45) is 0 Å². The fourth-order valence-corrected chi connectivity index (χ4v) is 2.07. The normalized spacial score (nSPS) is 10.2. The zero-order chi connectivity index (χ0) is 13.9. The summed E-state index contributed by atoms with van der Waals surface area (Å²) in [6.45, 7) is 0. The third-order valence-electron chi connectivity index (χ3n) is 3.02. The molecule has 0 aliphatic heterocycles. The molecule has 0 amide bonds. The minimum atomic E-state index is 0.638. The van der Waals surface area contributed by atoms with Crippen LogP contribution in [0.25, 0.3) is 16.8 Å². The van der Waals surface area contributed by atoms with Gasteiger partial charge in [0.25, 0.3) is 0 Å². The molecule has 0 aliphatic carbocycles. The SMILES string of the molecule is N#Cc1ccc(-n2cc(-c3ccc(Cl)cc3)cn2)cc1. The molecule has 1 heterocycles. The standard InChI is InChI=1S/C16H10ClN3/c17-15-5-3-13(4-6-15)14-10-19-20(11-14)16-7-1-12(9-18)2-8-16/h1-8,10-11H. The number of hydrogen-bond donors (Lipinski definition) is 0. The van der Waals surface area contributed by atoms with Gasteiger partial charge in [0.2, 0.25) is 0 Å². The molecule has 0 N–H and O–H groups in total. The molecular formula is C16H10ClN3. The van der Waals surface area contributed by atoms with Gasteiger partial charge in [0.05, 0.1) is 23.5 Å². The van der Waals surface area contributed by atoms with Crippen LogP contribution in [0.3, 0.4) is 0 Å². The highest BCUT2D eigenvalue weighted by Crippen LogP contribution is 2.22. The molecule has 0 bridgehead atoms. The van der Waals surface area contributed by atoms with E-state index in [0.717, 1.165) is 16.8 Å². The summed E-state index contributed by atoms with van der Waals surface area (Å²) in [6.07, 6.45) is 3.76. The van der Waals surface area contributed by atoms with Crippen molar-refractivity contribution in [1.82, 2.24) is 9.78 Å². The maximum absolute atomic E-state index is 8.79. The van der Waals surface area contributed by atoms with Crippen molar-refractivity contribution < 1.29 is 0 Å². The predicted molar refractivity (Wildman–Crippen MR) is 78.7 cm³/mol. The lowest BCUT2D eigenvalue weighted by Gasteiger charge is -2.00. The van der Waals surface area contributed by atoms with Gasteiger partial charge in [-0.1, -0.05) is 23.7 Å². The van der Waals surface area contributed by atoms with Crippen molar-refractivity contribution in [2.75, 3.05) is 0 Å². The molecule has 20 heavy (non-hydrogen) atoms. The van der Waals surface area contributed by atoms with E-state index in [2.05, 4.69) is 11.2 Å². The Morgan fingerprint density at radius 1 is 0.950 bits per heavy atom. The lowest BCUT2D eigenvalue weighted by molar-refractivity contribution is 0.880. The molecule has 96 valence electrons. The number of aromatic nitrogens is 2. The van der Waals surface area contributed by atoms with Gasteiger partial charge in [-0.05, 0) is 42.0 Å². The summed E-state index contributed by atoms with van der Waals surface area (Å²) >= 11 is 5.88. The average Bonchev–Trinajstić information content (AvgIpc) is 2.98. The maximum Gasteiger partial charge on any atom is 0.0991 e. The predicted octanol–water partition coefficient (Wildman–Crippen LogP) is 4.06. The van der Waals surface area contributed by atoms with Crippen LogP contribution in [0.1, 0.15) is 5.56 Å². The van der Waals surface area contributed by atoms with Gasteiger partial charge in [0, 0.05) is 16.8 Å². The molecule has 0 unspecified atom stereocenters. The van der Waals surface area contributed by atoms with Crippen LogP contribution in [0, 0.1) is 11.3 Å². The van der Waals surface area contributed by atoms with Gasteiger partial charge in [-0.15, -0.1) is 0 Å². The zero-order valence-corrected chi connectivity index (χ0v) is 11.2. The summed E-state index contributed by atoms with van der Waals surface area (Å²) in [5.74, 6) is 0. The van der Waals surface area contributed by atoms with E-state index in [4.69, 9.17) is 16.9 Å². The Morgan fingerprint density at radius 3 is 2.30 bits per heavy atom. The Labute approximate surface area is 121 Å². The largest absolute Gasteiger partial charge is 0.240 e. The molecule has 2 aromatic carbocycles. The van der Waals surface area contributed by atoms with Crippen LogP contribution < -0.4 is 0 Å². The van der Waals surface area contributed by atoms with Crippen molar-refractivity contribution in [3.05, 3.63) is 71.5 Å².